The lowest BCUT2D eigenvalue weighted by Gasteiger charge is -2.19. The molecule has 0 aromatic carbocycles. The van der Waals surface area contributed by atoms with E-state index in [0.717, 1.165) is 6.42 Å². The van der Waals surface area contributed by atoms with Gasteiger partial charge >= 0.3 is 0 Å². The number of hydrogen-bond donors (Lipinski definition) is 2. The third kappa shape index (κ3) is 2.99. The summed E-state index contributed by atoms with van der Waals surface area (Å²) in [4.78, 5) is 11.4. The Kier molecular flexibility index (Phi) is 4.22. The molecule has 1 atom stereocenters. The van der Waals surface area contributed by atoms with Crippen LogP contribution in [0.1, 0.15) is 39.0 Å². The number of amides is 1. The van der Waals surface area contributed by atoms with Crippen LogP contribution in [0.15, 0.2) is 0 Å². The molecule has 0 unspecified atom stereocenters. The van der Waals surface area contributed by atoms with Crippen LogP contribution in [-0.2, 0) is 4.79 Å². The molecule has 0 aromatic heterocycles. The Morgan fingerprint density at radius 3 is 2.54 bits per heavy atom. The average Bonchev–Trinajstić information content (AvgIpc) is 2.65. The molecule has 1 amide bonds. The van der Waals surface area contributed by atoms with Gasteiger partial charge in [0.2, 0.25) is 5.91 Å². The third-order valence-corrected chi connectivity index (χ3v) is 2.76. The number of hydrogen-bond acceptors (Lipinski definition) is 2. The van der Waals surface area contributed by atoms with E-state index in [1.165, 1.54) is 25.7 Å². The highest BCUT2D eigenvalue weighted by Crippen LogP contribution is 2.18. The van der Waals surface area contributed by atoms with Crippen molar-refractivity contribution in [1.82, 2.24) is 10.6 Å². The summed E-state index contributed by atoms with van der Waals surface area (Å²) in [5.41, 5.74) is 0. The Morgan fingerprint density at radius 1 is 1.46 bits per heavy atom. The fourth-order valence-electron chi connectivity index (χ4n) is 1.93. The van der Waals surface area contributed by atoms with Gasteiger partial charge in [0.25, 0.3) is 0 Å². The predicted octanol–water partition coefficient (Wildman–Crippen LogP) is 1.04. The molecule has 1 rings (SSSR count). The van der Waals surface area contributed by atoms with E-state index in [0.29, 0.717) is 6.04 Å². The monoisotopic (exact) mass is 184 g/mol. The molecule has 2 N–H and O–H groups in total. The predicted molar refractivity (Wildman–Crippen MR) is 53.5 cm³/mol. The van der Waals surface area contributed by atoms with Crippen LogP contribution in [0.25, 0.3) is 0 Å². The van der Waals surface area contributed by atoms with Crippen LogP contribution in [0.2, 0.25) is 0 Å². The summed E-state index contributed by atoms with van der Waals surface area (Å²) in [5.74, 6) is 0.120. The van der Waals surface area contributed by atoms with Gasteiger partial charge in [0.05, 0.1) is 6.04 Å². The first kappa shape index (κ1) is 10.5. The van der Waals surface area contributed by atoms with Crippen LogP contribution in [-0.4, -0.2) is 25.0 Å². The Hall–Kier alpha value is -0.570. The highest BCUT2D eigenvalue weighted by Gasteiger charge is 2.21. The zero-order valence-electron chi connectivity index (χ0n) is 8.60. The smallest absolute Gasteiger partial charge is 0.236 e. The normalized spacial score (nSPS) is 20.2. The van der Waals surface area contributed by atoms with Gasteiger partial charge in [0.1, 0.15) is 0 Å². The second kappa shape index (κ2) is 5.22. The zero-order chi connectivity index (χ0) is 9.68. The second-order valence-electron chi connectivity index (χ2n) is 3.72. The third-order valence-electron chi connectivity index (χ3n) is 2.76. The zero-order valence-corrected chi connectivity index (χ0v) is 8.60. The summed E-state index contributed by atoms with van der Waals surface area (Å²) >= 11 is 0. The Labute approximate surface area is 80.3 Å². The summed E-state index contributed by atoms with van der Waals surface area (Å²) < 4.78 is 0. The highest BCUT2D eigenvalue weighted by atomic mass is 16.2. The molecule has 76 valence electrons. The minimum absolute atomic E-state index is 0.00750. The van der Waals surface area contributed by atoms with Gasteiger partial charge in [-0.3, -0.25) is 4.79 Å². The maximum Gasteiger partial charge on any atom is 0.236 e. The summed E-state index contributed by atoms with van der Waals surface area (Å²) in [5, 5.41) is 6.09. The standard InChI is InChI=1S/C10H20N2O/c1-3-9(10(13)11-2)12-8-6-4-5-7-8/h8-9,12H,3-7H2,1-2H3,(H,11,13)/t9-/m1/s1. The molecule has 3 nitrogen and oxygen atoms in total. The van der Waals surface area contributed by atoms with E-state index >= 15 is 0 Å². The second-order valence-corrected chi connectivity index (χ2v) is 3.72. The molecule has 0 saturated heterocycles. The number of carbonyl (C=O) groups excluding carboxylic acids is 1. The molecule has 0 aliphatic heterocycles. The largest absolute Gasteiger partial charge is 0.358 e. The lowest BCUT2D eigenvalue weighted by atomic mass is 10.1. The number of likely N-dealkylation sites (N-methyl/N-ethyl adjacent to an activating group) is 1. The van der Waals surface area contributed by atoms with Crippen molar-refractivity contribution in [1.29, 1.82) is 0 Å². The Balaban J connectivity index is 2.33. The van der Waals surface area contributed by atoms with Crippen LogP contribution >= 0.6 is 0 Å². The molecular formula is C10H20N2O. The van der Waals surface area contributed by atoms with Gasteiger partial charge in [-0.1, -0.05) is 19.8 Å². The van der Waals surface area contributed by atoms with Gasteiger partial charge in [-0.2, -0.15) is 0 Å². The fraction of sp³-hybridized carbons (Fsp3) is 0.900. The Bertz CT molecular complexity index is 164. The van der Waals surface area contributed by atoms with Crippen molar-refractivity contribution in [2.24, 2.45) is 0 Å². The maximum atomic E-state index is 11.4. The molecule has 0 heterocycles. The van der Waals surface area contributed by atoms with E-state index in [-0.39, 0.29) is 11.9 Å². The summed E-state index contributed by atoms with van der Waals surface area (Å²) in [6.07, 6.45) is 5.95. The van der Waals surface area contributed by atoms with Crippen molar-refractivity contribution in [3.05, 3.63) is 0 Å². The van der Waals surface area contributed by atoms with Crippen LogP contribution in [0.4, 0.5) is 0 Å². The topological polar surface area (TPSA) is 41.1 Å². The summed E-state index contributed by atoms with van der Waals surface area (Å²) in [6.45, 7) is 2.04. The molecule has 0 radical (unpaired) electrons. The van der Waals surface area contributed by atoms with E-state index in [1.807, 2.05) is 6.92 Å². The van der Waals surface area contributed by atoms with E-state index < -0.39 is 0 Å². The van der Waals surface area contributed by atoms with Crippen molar-refractivity contribution in [3.63, 3.8) is 0 Å². The van der Waals surface area contributed by atoms with Crippen LogP contribution in [0, 0.1) is 0 Å². The fourth-order valence-corrected chi connectivity index (χ4v) is 1.93. The minimum atomic E-state index is 0.00750. The van der Waals surface area contributed by atoms with E-state index in [4.69, 9.17) is 0 Å². The SMILES string of the molecule is CC[C@@H](NC1CCCC1)C(=O)NC. The van der Waals surface area contributed by atoms with Crippen LogP contribution < -0.4 is 10.6 Å². The van der Waals surface area contributed by atoms with E-state index in [9.17, 15) is 4.79 Å². The number of carbonyl (C=O) groups is 1. The van der Waals surface area contributed by atoms with Gasteiger partial charge in [-0.25, -0.2) is 0 Å². The van der Waals surface area contributed by atoms with Crippen molar-refractivity contribution in [2.75, 3.05) is 7.05 Å². The van der Waals surface area contributed by atoms with Gasteiger partial charge in [-0.15, -0.1) is 0 Å². The first-order valence-electron chi connectivity index (χ1n) is 5.25. The molecule has 13 heavy (non-hydrogen) atoms. The first-order valence-corrected chi connectivity index (χ1v) is 5.25. The quantitative estimate of drug-likeness (QED) is 0.685. The molecule has 1 aliphatic carbocycles. The van der Waals surface area contributed by atoms with E-state index in [2.05, 4.69) is 10.6 Å². The highest BCUT2D eigenvalue weighted by molar-refractivity contribution is 5.81. The molecule has 0 spiro atoms. The van der Waals surface area contributed by atoms with Crippen molar-refractivity contribution in [2.45, 2.75) is 51.1 Å². The minimum Gasteiger partial charge on any atom is -0.358 e. The molecule has 1 saturated carbocycles. The van der Waals surface area contributed by atoms with Crippen molar-refractivity contribution >= 4 is 5.91 Å². The van der Waals surface area contributed by atoms with Gasteiger partial charge in [0.15, 0.2) is 0 Å². The lowest BCUT2D eigenvalue weighted by molar-refractivity contribution is -0.122. The van der Waals surface area contributed by atoms with Crippen LogP contribution in [0.3, 0.4) is 0 Å². The molecule has 1 aliphatic rings. The summed E-state index contributed by atoms with van der Waals surface area (Å²) in [7, 11) is 1.70. The number of nitrogens with one attached hydrogen (secondary N) is 2. The summed E-state index contributed by atoms with van der Waals surface area (Å²) in [6, 6.07) is 0.579. The average molecular weight is 184 g/mol. The Morgan fingerprint density at radius 2 is 2.08 bits per heavy atom. The van der Waals surface area contributed by atoms with Gasteiger partial charge < -0.3 is 10.6 Å². The first-order chi connectivity index (χ1) is 6.27. The van der Waals surface area contributed by atoms with Gasteiger partial charge in [-0.05, 0) is 19.3 Å². The molecular weight excluding hydrogens is 164 g/mol. The number of rotatable bonds is 4. The molecule has 3 heteroatoms. The lowest BCUT2D eigenvalue weighted by Crippen LogP contribution is -2.46. The van der Waals surface area contributed by atoms with Crippen LogP contribution in [0.5, 0.6) is 0 Å². The maximum absolute atomic E-state index is 11.4. The molecule has 1 fully saturated rings. The van der Waals surface area contributed by atoms with Crippen molar-refractivity contribution in [3.8, 4) is 0 Å². The van der Waals surface area contributed by atoms with E-state index in [1.54, 1.807) is 7.05 Å². The van der Waals surface area contributed by atoms with Gasteiger partial charge in [0, 0.05) is 13.1 Å². The van der Waals surface area contributed by atoms with Crippen molar-refractivity contribution < 1.29 is 4.79 Å². The molecule has 0 bridgehead atoms. The molecule has 0 aromatic rings.